The lowest BCUT2D eigenvalue weighted by Crippen LogP contribution is -2.48. The number of nitrogens with one attached hydrogen (secondary N) is 2. The van der Waals surface area contributed by atoms with Crippen molar-refractivity contribution in [1.82, 2.24) is 10.2 Å². The maximum atomic E-state index is 13.2. The first kappa shape index (κ1) is 36.8. The van der Waals surface area contributed by atoms with Crippen LogP contribution >= 0.6 is 11.6 Å². The molecule has 3 fully saturated rings. The van der Waals surface area contributed by atoms with E-state index in [1.54, 1.807) is 7.11 Å². The zero-order valence-corrected chi connectivity index (χ0v) is 32.1. The molecule has 0 saturated carbocycles. The van der Waals surface area contributed by atoms with Crippen LogP contribution in [0.2, 0.25) is 18.1 Å². The predicted octanol–water partition coefficient (Wildman–Crippen LogP) is 7.42. The molecule has 3 aliphatic heterocycles. The van der Waals surface area contributed by atoms with E-state index in [-0.39, 0.29) is 29.3 Å². The standard InChI is InChI=1S/C39H52ClN3O6Si/c1-38(2,3)50(6,7)47-24-39(46-5)19-18-29(40)31(23-39)41-34(44)15-11-12-25-16-17-28(26-13-9-8-10-14-26)30(20-25)42-37(45)48-27-21-32-35-36(49-35)33(22-27)43(32)4/h8-10,13-14,16-20,23,27,29,32-33,35-36H,11-12,15,21-22,24H2,1-7H3,(H,41,44)(H,42,45)/t27?,29?,32-,33+,35-,36+,39?. The van der Waals surface area contributed by atoms with Gasteiger partial charge in [-0.1, -0.05) is 69.3 Å². The second-order valence-corrected chi connectivity index (χ2v) is 21.0. The molecule has 50 heavy (non-hydrogen) atoms. The summed E-state index contributed by atoms with van der Waals surface area (Å²) in [5, 5.41) is 5.66. The lowest BCUT2D eigenvalue weighted by molar-refractivity contribution is -0.120. The molecular weight excluding hydrogens is 670 g/mol. The number of amides is 2. The Balaban J connectivity index is 1.06. The number of carbonyl (C=O) groups is 2. The number of epoxide rings is 1. The number of methoxy groups -OCH3 is 1. The molecule has 7 atom stereocenters. The topological polar surface area (TPSA) is 102 Å². The van der Waals surface area contributed by atoms with Crippen molar-refractivity contribution in [2.45, 2.75) is 112 Å². The number of ether oxygens (including phenoxy) is 3. The highest BCUT2D eigenvalue weighted by atomic mass is 35.5. The molecule has 0 aromatic heterocycles. The van der Waals surface area contributed by atoms with Crippen molar-refractivity contribution in [3.63, 3.8) is 0 Å². The molecule has 2 amide bonds. The van der Waals surface area contributed by atoms with Crippen LogP contribution in [0.15, 0.2) is 72.5 Å². The second-order valence-electron chi connectivity index (χ2n) is 15.7. The summed E-state index contributed by atoms with van der Waals surface area (Å²) < 4.78 is 24.2. The van der Waals surface area contributed by atoms with Crippen molar-refractivity contribution in [2.24, 2.45) is 0 Å². The van der Waals surface area contributed by atoms with Crippen molar-refractivity contribution < 1.29 is 28.2 Å². The van der Waals surface area contributed by atoms with Crippen LogP contribution in [0.5, 0.6) is 0 Å². The highest BCUT2D eigenvalue weighted by Gasteiger charge is 2.62. The number of allylic oxidation sites excluding steroid dienone is 1. The van der Waals surface area contributed by atoms with Crippen molar-refractivity contribution in [1.29, 1.82) is 0 Å². The summed E-state index contributed by atoms with van der Waals surface area (Å²) in [7, 11) is 1.76. The first-order valence-corrected chi connectivity index (χ1v) is 21.1. The Morgan fingerprint density at radius 2 is 1.76 bits per heavy atom. The number of rotatable bonds is 12. The molecule has 2 aromatic rings. The van der Waals surface area contributed by atoms with E-state index in [4.69, 9.17) is 30.2 Å². The van der Waals surface area contributed by atoms with E-state index in [0.717, 1.165) is 29.5 Å². The normalized spacial score (nSPS) is 28.8. The quantitative estimate of drug-likeness (QED) is 0.102. The van der Waals surface area contributed by atoms with E-state index >= 15 is 0 Å². The summed E-state index contributed by atoms with van der Waals surface area (Å²) in [4.78, 5) is 28.8. The highest BCUT2D eigenvalue weighted by molar-refractivity contribution is 6.74. The van der Waals surface area contributed by atoms with Gasteiger partial charge in [-0.05, 0) is 67.4 Å². The van der Waals surface area contributed by atoms with E-state index in [1.807, 2.05) is 60.7 Å². The summed E-state index contributed by atoms with van der Waals surface area (Å²) in [6.07, 6.45) is 8.75. The molecule has 0 spiro atoms. The van der Waals surface area contributed by atoms with Crippen LogP contribution in [0.1, 0.15) is 52.0 Å². The Hall–Kier alpha value is -2.99. The minimum atomic E-state index is -2.03. The maximum Gasteiger partial charge on any atom is 0.411 e. The number of hydrogen-bond donors (Lipinski definition) is 2. The minimum Gasteiger partial charge on any atom is -0.446 e. The molecular formula is C39H52ClN3O6Si. The van der Waals surface area contributed by atoms with E-state index in [9.17, 15) is 9.59 Å². The summed E-state index contributed by atoms with van der Waals surface area (Å²) in [5.41, 5.74) is 3.39. The molecule has 0 radical (unpaired) electrons. The maximum absolute atomic E-state index is 13.2. The fourth-order valence-corrected chi connectivity index (χ4v) is 8.33. The van der Waals surface area contributed by atoms with Crippen LogP contribution in [0.3, 0.4) is 0 Å². The first-order chi connectivity index (χ1) is 23.7. The van der Waals surface area contributed by atoms with E-state index < -0.39 is 25.4 Å². The number of anilines is 1. The van der Waals surface area contributed by atoms with Crippen molar-refractivity contribution in [3.05, 3.63) is 78.0 Å². The number of halogens is 1. The minimum absolute atomic E-state index is 0.0562. The number of morpholine rings is 1. The van der Waals surface area contributed by atoms with Gasteiger partial charge in [0.15, 0.2) is 8.32 Å². The fraction of sp³-hybridized carbons (Fsp3) is 0.538. The highest BCUT2D eigenvalue weighted by Crippen LogP contribution is 2.48. The molecule has 1 aliphatic carbocycles. The molecule has 11 heteroatoms. The van der Waals surface area contributed by atoms with Gasteiger partial charge in [0.1, 0.15) is 23.9 Å². The van der Waals surface area contributed by atoms with Crippen LogP contribution < -0.4 is 10.6 Å². The number of carbonyl (C=O) groups excluding carboxylic acids is 2. The Kier molecular flexibility index (Phi) is 10.7. The monoisotopic (exact) mass is 721 g/mol. The van der Waals surface area contributed by atoms with E-state index in [1.165, 1.54) is 0 Å². The zero-order chi connectivity index (χ0) is 35.8. The third-order valence-corrected chi connectivity index (χ3v) is 16.2. The largest absolute Gasteiger partial charge is 0.446 e. The van der Waals surface area contributed by atoms with Gasteiger partial charge in [0.2, 0.25) is 5.91 Å². The zero-order valence-electron chi connectivity index (χ0n) is 30.3. The van der Waals surface area contributed by atoms with E-state index in [0.29, 0.717) is 49.3 Å². The molecule has 3 saturated heterocycles. The van der Waals surface area contributed by atoms with Gasteiger partial charge in [0.25, 0.3) is 0 Å². The second kappa shape index (κ2) is 14.6. The summed E-state index contributed by atoms with van der Waals surface area (Å²) >= 11 is 6.61. The molecule has 6 rings (SSSR count). The average molecular weight is 722 g/mol. The number of fused-ring (bicyclic) bond motifs is 5. The Bertz CT molecular complexity index is 1610. The van der Waals surface area contributed by atoms with Crippen molar-refractivity contribution in [3.8, 4) is 11.1 Å². The number of aryl methyl sites for hydroxylation is 1. The number of hydrogen-bond acceptors (Lipinski definition) is 7. The molecule has 9 nitrogen and oxygen atoms in total. The summed E-state index contributed by atoms with van der Waals surface area (Å²) in [5.74, 6) is -0.120. The lowest BCUT2D eigenvalue weighted by Gasteiger charge is -2.40. The average Bonchev–Trinajstić information content (AvgIpc) is 3.84. The Labute approximate surface area is 302 Å². The molecule has 270 valence electrons. The fourth-order valence-electron chi connectivity index (χ4n) is 7.12. The van der Waals surface area contributed by atoms with E-state index in [2.05, 4.69) is 62.5 Å². The summed E-state index contributed by atoms with van der Waals surface area (Å²) in [6.45, 7) is 11.4. The van der Waals surface area contributed by atoms with Crippen LogP contribution in [0.4, 0.5) is 10.5 Å². The van der Waals surface area contributed by atoms with Crippen molar-refractivity contribution in [2.75, 3.05) is 26.1 Å². The van der Waals surface area contributed by atoms with Crippen LogP contribution in [0, 0.1) is 0 Å². The van der Waals surface area contributed by atoms with Gasteiger partial charge in [-0.2, -0.15) is 0 Å². The van der Waals surface area contributed by atoms with Gasteiger partial charge in [0.05, 0.1) is 17.7 Å². The third kappa shape index (κ3) is 8.06. The van der Waals surface area contributed by atoms with Crippen LogP contribution in [-0.2, 0) is 29.9 Å². The lowest BCUT2D eigenvalue weighted by atomic mass is 9.96. The summed E-state index contributed by atoms with van der Waals surface area (Å²) in [6, 6.07) is 16.6. The number of benzene rings is 2. The third-order valence-electron chi connectivity index (χ3n) is 11.3. The SMILES string of the molecule is COC1(CO[Si](C)(C)C(C)(C)C)C=CC(Cl)C(NC(=O)CCCc2ccc(-c3ccccc3)c(NC(=O)OC3C[C@@H]4[C@H]5O[C@H]5[C@H](C3)N4C)c2)=C1. The molecule has 2 N–H and O–H groups in total. The Morgan fingerprint density at radius 1 is 1.06 bits per heavy atom. The van der Waals surface area contributed by atoms with Gasteiger partial charge in [0, 0.05) is 49.7 Å². The van der Waals surface area contributed by atoms with Gasteiger partial charge in [-0.25, -0.2) is 4.79 Å². The van der Waals surface area contributed by atoms with Gasteiger partial charge >= 0.3 is 6.09 Å². The van der Waals surface area contributed by atoms with Crippen LogP contribution in [-0.4, -0.2) is 87.4 Å². The smallest absolute Gasteiger partial charge is 0.411 e. The number of piperidine rings is 1. The molecule has 2 bridgehead atoms. The van der Waals surface area contributed by atoms with Gasteiger partial charge in [-0.3, -0.25) is 15.0 Å². The Morgan fingerprint density at radius 3 is 2.42 bits per heavy atom. The van der Waals surface area contributed by atoms with Crippen molar-refractivity contribution >= 4 is 37.6 Å². The van der Waals surface area contributed by atoms with Crippen LogP contribution in [0.25, 0.3) is 11.1 Å². The van der Waals surface area contributed by atoms with Gasteiger partial charge in [-0.15, -0.1) is 11.6 Å². The first-order valence-electron chi connectivity index (χ1n) is 17.8. The number of nitrogens with zero attached hydrogens (tertiary/aromatic N) is 1. The molecule has 4 aliphatic rings. The molecule has 3 heterocycles. The number of alkyl halides is 1. The van der Waals surface area contributed by atoms with Gasteiger partial charge < -0.3 is 24.0 Å². The molecule has 2 aromatic carbocycles. The number of likely N-dealkylation sites (N-methyl/N-ethyl adjacent to an activating group) is 1. The predicted molar refractivity (Wildman–Crippen MR) is 200 cm³/mol. The molecule has 3 unspecified atom stereocenters.